The number of aromatic nitrogens is 3. The van der Waals surface area contributed by atoms with Crippen molar-refractivity contribution in [1.82, 2.24) is 15.0 Å². The Morgan fingerprint density at radius 2 is 1.14 bits per heavy atom. The predicted molar refractivity (Wildman–Crippen MR) is 248 cm³/mol. The van der Waals surface area contributed by atoms with Crippen LogP contribution in [0.25, 0.3) is 10.8 Å². The van der Waals surface area contributed by atoms with Gasteiger partial charge in [0.1, 0.15) is 26.1 Å². The van der Waals surface area contributed by atoms with Crippen LogP contribution in [0.3, 0.4) is 0 Å². The third kappa shape index (κ3) is 14.6. The summed E-state index contributed by atoms with van der Waals surface area (Å²) in [5, 5.41) is 21.5. The summed E-state index contributed by atoms with van der Waals surface area (Å²) >= 11 is 0. The van der Waals surface area contributed by atoms with Crippen molar-refractivity contribution in [2.24, 2.45) is 20.5 Å². The first kappa shape index (κ1) is 53.6. The fourth-order valence-corrected chi connectivity index (χ4v) is 9.26. The fourth-order valence-electron chi connectivity index (χ4n) is 5.87. The molecule has 0 aliphatic rings. The highest BCUT2D eigenvalue weighted by atomic mass is 32.2. The lowest BCUT2D eigenvalue weighted by Gasteiger charge is -2.16. The summed E-state index contributed by atoms with van der Waals surface area (Å²) in [6, 6.07) is 16.8. The third-order valence-corrected chi connectivity index (χ3v) is 14.4. The van der Waals surface area contributed by atoms with Crippen LogP contribution in [0.1, 0.15) is 13.3 Å². The first-order chi connectivity index (χ1) is 32.8. The molecule has 0 aliphatic heterocycles. The molecule has 0 saturated heterocycles. The molecule has 29 nitrogen and oxygen atoms in total. The maximum absolute atomic E-state index is 12.2. The molecule has 0 amide bonds. The van der Waals surface area contributed by atoms with Gasteiger partial charge in [0.05, 0.1) is 40.0 Å². The molecule has 6 rings (SSSR count). The van der Waals surface area contributed by atoms with Crippen LogP contribution in [0.5, 0.6) is 5.75 Å². The molecule has 1 unspecified atom stereocenters. The summed E-state index contributed by atoms with van der Waals surface area (Å²) in [6.07, 6.45) is -0.250. The topological polar surface area (TPSA) is 460 Å². The van der Waals surface area contributed by atoms with Crippen LogP contribution in [0.15, 0.2) is 131 Å². The number of hydrogen-bond donors (Lipinski definition) is 9. The van der Waals surface area contributed by atoms with Crippen molar-refractivity contribution in [2.75, 3.05) is 28.3 Å². The van der Waals surface area contributed by atoms with Crippen LogP contribution in [-0.4, -0.2) is 111 Å². The second kappa shape index (κ2) is 20.5. The Hall–Kier alpha value is -6.77. The normalized spacial score (nSPS) is 13.4. The van der Waals surface area contributed by atoms with E-state index in [0.717, 1.165) is 43.3 Å². The molecule has 1 heterocycles. The Kier molecular flexibility index (Phi) is 15.5. The van der Waals surface area contributed by atoms with Crippen molar-refractivity contribution in [3.63, 3.8) is 0 Å². The highest BCUT2D eigenvalue weighted by Crippen LogP contribution is 2.36. The van der Waals surface area contributed by atoms with Crippen LogP contribution < -0.4 is 20.7 Å². The van der Waals surface area contributed by atoms with Gasteiger partial charge in [0.2, 0.25) is 17.8 Å². The van der Waals surface area contributed by atoms with Crippen molar-refractivity contribution in [3.8, 4) is 5.75 Å². The monoisotopic (exact) mass is 1100 g/mol. The maximum atomic E-state index is 12.2. The summed E-state index contributed by atoms with van der Waals surface area (Å²) in [5.41, 5.74) is -0.531. The summed E-state index contributed by atoms with van der Waals surface area (Å²) in [7, 11) is -29.0. The van der Waals surface area contributed by atoms with E-state index in [9.17, 15) is 77.8 Å². The van der Waals surface area contributed by atoms with E-state index in [1.807, 2.05) is 0 Å². The molecule has 0 spiro atoms. The molecule has 1 atom stereocenters. The van der Waals surface area contributed by atoms with E-state index in [0.29, 0.717) is 6.07 Å². The number of rotatable bonds is 20. The smallest absolute Gasteiger partial charge is 0.296 e. The van der Waals surface area contributed by atoms with Crippen LogP contribution in [0.4, 0.5) is 52.0 Å². The molecule has 6 aromatic rings. The Balaban J connectivity index is 1.32. The number of hydrogen-bond acceptors (Lipinski definition) is 23. The molecule has 0 radical (unpaired) electrons. The van der Waals surface area contributed by atoms with Gasteiger partial charge in [-0.3, -0.25) is 27.3 Å². The lowest BCUT2D eigenvalue weighted by molar-refractivity contribution is 0.317. The number of fused-ring (bicyclic) bond motifs is 1. The molecule has 0 bridgehead atoms. The van der Waals surface area contributed by atoms with Gasteiger partial charge in [-0.15, -0.1) is 5.11 Å². The Morgan fingerprint density at radius 1 is 0.549 bits per heavy atom. The minimum atomic E-state index is -5.13. The van der Waals surface area contributed by atoms with E-state index in [-0.39, 0.29) is 69.9 Å². The van der Waals surface area contributed by atoms with Crippen molar-refractivity contribution < 1.29 is 82.6 Å². The molecule has 35 heteroatoms. The van der Waals surface area contributed by atoms with Crippen LogP contribution >= 0.6 is 0 Å². The van der Waals surface area contributed by atoms with Crippen molar-refractivity contribution >= 4 is 123 Å². The summed E-state index contributed by atoms with van der Waals surface area (Å²) < 4.78 is 205. The van der Waals surface area contributed by atoms with Gasteiger partial charge in [0, 0.05) is 22.5 Å². The van der Waals surface area contributed by atoms with Gasteiger partial charge in [-0.2, -0.15) is 80.8 Å². The highest BCUT2D eigenvalue weighted by Gasteiger charge is 2.24. The molecule has 71 heavy (non-hydrogen) atoms. The van der Waals surface area contributed by atoms with Gasteiger partial charge in [-0.05, 0) is 86.1 Å². The van der Waals surface area contributed by atoms with Crippen LogP contribution in [0.2, 0.25) is 0 Å². The summed E-state index contributed by atoms with van der Waals surface area (Å²) in [5.74, 6) is -1.92. The predicted octanol–water partition coefficient (Wildman–Crippen LogP) is 5.63. The number of anilines is 5. The number of nitrogens with zero attached hydrogens (tertiary/aromatic N) is 7. The van der Waals surface area contributed by atoms with E-state index < -0.39 is 103 Å². The number of benzene rings is 5. The highest BCUT2D eigenvalue weighted by molar-refractivity contribution is 7.87. The van der Waals surface area contributed by atoms with Gasteiger partial charge >= 0.3 is 0 Å². The molecule has 0 fully saturated rings. The van der Waals surface area contributed by atoms with Gasteiger partial charge in [0.15, 0.2) is 5.37 Å². The lowest BCUT2D eigenvalue weighted by atomic mass is 10.1. The molecular formula is C36H34N10O19S6. The first-order valence-electron chi connectivity index (χ1n) is 19.1. The van der Waals surface area contributed by atoms with Gasteiger partial charge in [0.25, 0.3) is 60.7 Å². The third-order valence-electron chi connectivity index (χ3n) is 9.07. The molecule has 5 aromatic carbocycles. The van der Waals surface area contributed by atoms with E-state index in [1.54, 1.807) is 0 Å². The average molecular weight is 1100 g/mol. The van der Waals surface area contributed by atoms with E-state index in [4.69, 9.17) is 4.74 Å². The maximum Gasteiger partial charge on any atom is 0.296 e. The van der Waals surface area contributed by atoms with Gasteiger partial charge in [-0.1, -0.05) is 12.1 Å². The average Bonchev–Trinajstić information content (AvgIpc) is 3.25. The quantitative estimate of drug-likeness (QED) is 0.0254. The van der Waals surface area contributed by atoms with Crippen molar-refractivity contribution in [2.45, 2.75) is 38.3 Å². The van der Waals surface area contributed by atoms with Crippen molar-refractivity contribution in [3.05, 3.63) is 91.0 Å². The van der Waals surface area contributed by atoms with Crippen LogP contribution in [0, 0.1) is 0 Å². The second-order valence-electron chi connectivity index (χ2n) is 14.3. The molecule has 0 aliphatic carbocycles. The zero-order valence-corrected chi connectivity index (χ0v) is 40.3. The molecule has 0 saturated carbocycles. The standard InChI is InChI=1S/C36H34N10O19S6/c1-20(67(50,51)52)37-34-40-35(38-21-6-8-22(9-7-21)43-45-24-16-27-26(32(18-24)70(59,60)61)4-2-5-31(27)69(56,57)58)42-36(41-34)39-28-12-10-23(17-30(28)65-14-3-15-66(47,48)49)44-46-29-13-11-25(68(53,54)55)19-33(29)71(62,63)64/h2,4-13,16-20H,3,14-15H2,1H3,(H,47,48,49)(H,50,51,52)(H,53,54,55)(H,56,57,58)(H,59,60,61)(H,62,63,64)(H3,37,38,39,40,41,42). The first-order valence-corrected chi connectivity index (χ1v) is 28.0. The Bertz CT molecular complexity index is 3830. The van der Waals surface area contributed by atoms with E-state index in [1.165, 1.54) is 48.5 Å². The molecule has 378 valence electrons. The number of ether oxygens (including phenoxy) is 1. The lowest BCUT2D eigenvalue weighted by Crippen LogP contribution is -2.27. The largest absolute Gasteiger partial charge is 0.491 e. The minimum Gasteiger partial charge on any atom is -0.491 e. The number of nitrogens with one attached hydrogen (secondary N) is 3. The molecule has 9 N–H and O–H groups in total. The Labute approximate surface area is 402 Å². The second-order valence-corrected chi connectivity index (χ2v) is 23.2. The Morgan fingerprint density at radius 3 is 1.75 bits per heavy atom. The molecular weight excluding hydrogens is 1070 g/mol. The molecule has 1 aromatic heterocycles. The summed E-state index contributed by atoms with van der Waals surface area (Å²) in [4.78, 5) is 9.24. The van der Waals surface area contributed by atoms with E-state index in [2.05, 4.69) is 51.4 Å². The minimum absolute atomic E-state index is 0.00286. The van der Waals surface area contributed by atoms with Gasteiger partial charge < -0.3 is 20.7 Å². The van der Waals surface area contributed by atoms with Crippen molar-refractivity contribution in [1.29, 1.82) is 0 Å². The number of azo groups is 2. The zero-order chi connectivity index (χ0) is 52.3. The summed E-state index contributed by atoms with van der Waals surface area (Å²) in [6.45, 7) is 0.704. The zero-order valence-electron chi connectivity index (χ0n) is 35.4. The van der Waals surface area contributed by atoms with Gasteiger partial charge in [-0.25, -0.2) is 0 Å². The van der Waals surface area contributed by atoms with Crippen LogP contribution in [-0.2, 0) is 60.7 Å². The van der Waals surface area contributed by atoms with E-state index >= 15 is 0 Å². The SMILES string of the molecule is CC(Nc1nc(Nc2ccc(N=Nc3cc(S(=O)(=O)O)c4cccc(S(=O)(=O)O)c4c3)cc2)nc(Nc2ccc(N=Nc3ccc(S(=O)(=O)O)cc3S(=O)(=O)O)cc2OCCCS(=O)(=O)O)n1)S(=O)(=O)O. The fraction of sp³-hybridized carbons (Fsp3) is 0.139.